The number of ether oxygens (including phenoxy) is 1. The minimum atomic E-state index is 0.490. The molecule has 1 aromatic carbocycles. The molecule has 0 radical (unpaired) electrons. The number of nitrogens with one attached hydrogen (secondary N) is 1. The summed E-state index contributed by atoms with van der Waals surface area (Å²) in [6, 6.07) is 10.7. The third kappa shape index (κ3) is 4.48. The number of methoxy groups -OCH3 is 1. The van der Waals surface area contributed by atoms with Gasteiger partial charge < -0.3 is 15.0 Å². The van der Waals surface area contributed by atoms with E-state index in [0.717, 1.165) is 23.1 Å². The van der Waals surface area contributed by atoms with E-state index in [2.05, 4.69) is 40.3 Å². The predicted molar refractivity (Wildman–Crippen MR) is 106 cm³/mol. The van der Waals surface area contributed by atoms with Crippen LogP contribution in [0.1, 0.15) is 36.8 Å². The molecule has 5 heteroatoms. The van der Waals surface area contributed by atoms with Crippen molar-refractivity contribution in [3.63, 3.8) is 0 Å². The zero-order chi connectivity index (χ0) is 17.6. The van der Waals surface area contributed by atoms with Gasteiger partial charge in [-0.15, -0.1) is 0 Å². The molecular weight excluding hydrogens is 330 g/mol. The van der Waals surface area contributed by atoms with Crippen molar-refractivity contribution in [2.45, 2.75) is 45.2 Å². The van der Waals surface area contributed by atoms with E-state index in [-0.39, 0.29) is 0 Å². The molecule has 4 nitrogen and oxygen atoms in total. The molecule has 1 aromatic heterocycles. The standard InChI is InChI=1S/C20H25N3OS/c1-15-7-8-19(24-2)18(13-15)22-20(25)23(17-5-3-4-6-17)14-16-9-11-21-12-10-16/h7-13,17H,3-6,14H2,1-2H3,(H,22,25). The summed E-state index contributed by atoms with van der Waals surface area (Å²) in [4.78, 5) is 6.43. The van der Waals surface area contributed by atoms with Gasteiger partial charge in [0.2, 0.25) is 0 Å². The topological polar surface area (TPSA) is 37.4 Å². The molecule has 0 atom stereocenters. The van der Waals surface area contributed by atoms with E-state index in [9.17, 15) is 0 Å². The number of hydrogen-bond donors (Lipinski definition) is 1. The predicted octanol–water partition coefficient (Wildman–Crippen LogP) is 4.54. The van der Waals surface area contributed by atoms with Crippen LogP contribution >= 0.6 is 12.2 Å². The largest absolute Gasteiger partial charge is 0.495 e. The average molecular weight is 356 g/mol. The number of anilines is 1. The van der Waals surface area contributed by atoms with E-state index >= 15 is 0 Å². The molecule has 2 aromatic rings. The second-order valence-electron chi connectivity index (χ2n) is 6.56. The Morgan fingerprint density at radius 1 is 1.24 bits per heavy atom. The molecule has 1 saturated carbocycles. The summed E-state index contributed by atoms with van der Waals surface area (Å²) in [5, 5.41) is 4.17. The lowest BCUT2D eigenvalue weighted by Gasteiger charge is -2.32. The molecule has 0 aliphatic heterocycles. The highest BCUT2D eigenvalue weighted by Gasteiger charge is 2.25. The van der Waals surface area contributed by atoms with Crippen molar-refractivity contribution in [2.75, 3.05) is 12.4 Å². The zero-order valence-corrected chi connectivity index (χ0v) is 15.7. The fraction of sp³-hybridized carbons (Fsp3) is 0.400. The lowest BCUT2D eigenvalue weighted by molar-refractivity contribution is 0.312. The second-order valence-corrected chi connectivity index (χ2v) is 6.94. The second kappa shape index (κ2) is 8.30. The minimum absolute atomic E-state index is 0.490. The summed E-state index contributed by atoms with van der Waals surface area (Å²) >= 11 is 5.79. The van der Waals surface area contributed by atoms with Crippen molar-refractivity contribution in [3.8, 4) is 5.75 Å². The molecule has 3 rings (SSSR count). The van der Waals surface area contributed by atoms with E-state index < -0.39 is 0 Å². The van der Waals surface area contributed by atoms with Crippen LogP contribution in [0.25, 0.3) is 0 Å². The molecular formula is C20H25N3OS. The van der Waals surface area contributed by atoms with Crippen molar-refractivity contribution in [3.05, 3.63) is 53.9 Å². The molecule has 0 unspecified atom stereocenters. The molecule has 1 fully saturated rings. The van der Waals surface area contributed by atoms with Gasteiger partial charge >= 0.3 is 0 Å². The first-order valence-corrected chi connectivity index (χ1v) is 9.19. The summed E-state index contributed by atoms with van der Waals surface area (Å²) in [6.45, 7) is 2.87. The summed E-state index contributed by atoms with van der Waals surface area (Å²) in [6.07, 6.45) is 8.60. The minimum Gasteiger partial charge on any atom is -0.495 e. The Hall–Kier alpha value is -2.14. The van der Waals surface area contributed by atoms with E-state index in [1.165, 1.54) is 36.8 Å². The molecule has 0 saturated heterocycles. The first-order valence-electron chi connectivity index (χ1n) is 8.78. The van der Waals surface area contributed by atoms with Crippen LogP contribution < -0.4 is 10.1 Å². The molecule has 1 aliphatic carbocycles. The van der Waals surface area contributed by atoms with Crippen molar-refractivity contribution < 1.29 is 4.74 Å². The third-order valence-corrected chi connectivity index (χ3v) is 5.06. The number of benzene rings is 1. The molecule has 0 amide bonds. The Labute approximate surface area is 155 Å². The fourth-order valence-electron chi connectivity index (χ4n) is 3.37. The number of rotatable bonds is 5. The maximum Gasteiger partial charge on any atom is 0.174 e. The van der Waals surface area contributed by atoms with Gasteiger partial charge in [0.05, 0.1) is 12.8 Å². The highest BCUT2D eigenvalue weighted by atomic mass is 32.1. The molecule has 132 valence electrons. The molecule has 1 N–H and O–H groups in total. The number of pyridine rings is 1. The molecule has 25 heavy (non-hydrogen) atoms. The maximum absolute atomic E-state index is 5.79. The monoisotopic (exact) mass is 355 g/mol. The first kappa shape index (κ1) is 17.7. The van der Waals surface area contributed by atoms with Crippen LogP contribution in [0.5, 0.6) is 5.75 Å². The quantitative estimate of drug-likeness (QED) is 0.797. The van der Waals surface area contributed by atoms with Gasteiger partial charge in [-0.05, 0) is 67.4 Å². The Morgan fingerprint density at radius 3 is 2.64 bits per heavy atom. The van der Waals surface area contributed by atoms with Crippen molar-refractivity contribution >= 4 is 23.0 Å². The Bertz CT molecular complexity index is 714. The van der Waals surface area contributed by atoms with E-state index in [0.29, 0.717) is 6.04 Å². The molecule has 0 spiro atoms. The lowest BCUT2D eigenvalue weighted by Crippen LogP contribution is -2.41. The average Bonchev–Trinajstić information content (AvgIpc) is 3.15. The van der Waals surface area contributed by atoms with Gasteiger partial charge in [0.1, 0.15) is 5.75 Å². The zero-order valence-electron chi connectivity index (χ0n) is 14.9. The third-order valence-electron chi connectivity index (χ3n) is 4.73. The molecule has 1 aliphatic rings. The fourth-order valence-corrected chi connectivity index (χ4v) is 3.70. The number of aromatic nitrogens is 1. The van der Waals surface area contributed by atoms with Gasteiger partial charge in [0.25, 0.3) is 0 Å². The van der Waals surface area contributed by atoms with E-state index in [4.69, 9.17) is 17.0 Å². The Balaban J connectivity index is 1.80. The number of thiocarbonyl (C=S) groups is 1. The number of nitrogens with zero attached hydrogens (tertiary/aromatic N) is 2. The van der Waals surface area contributed by atoms with Gasteiger partial charge in [0, 0.05) is 25.0 Å². The summed E-state index contributed by atoms with van der Waals surface area (Å²) in [5.41, 5.74) is 3.32. The van der Waals surface area contributed by atoms with E-state index in [1.54, 1.807) is 7.11 Å². The van der Waals surface area contributed by atoms with Crippen LogP contribution in [0, 0.1) is 6.92 Å². The van der Waals surface area contributed by atoms with Gasteiger partial charge in [0.15, 0.2) is 5.11 Å². The molecule has 0 bridgehead atoms. The van der Waals surface area contributed by atoms with Crippen LogP contribution in [-0.2, 0) is 6.54 Å². The van der Waals surface area contributed by atoms with Crippen LogP contribution in [0.15, 0.2) is 42.7 Å². The van der Waals surface area contributed by atoms with Crippen LogP contribution in [0.2, 0.25) is 0 Å². The normalized spacial score (nSPS) is 14.3. The van der Waals surface area contributed by atoms with Crippen molar-refractivity contribution in [1.29, 1.82) is 0 Å². The highest BCUT2D eigenvalue weighted by Crippen LogP contribution is 2.29. The van der Waals surface area contributed by atoms with E-state index in [1.807, 2.05) is 24.5 Å². The maximum atomic E-state index is 5.79. The summed E-state index contributed by atoms with van der Waals surface area (Å²) in [7, 11) is 1.69. The van der Waals surface area contributed by atoms with Gasteiger partial charge in [-0.25, -0.2) is 0 Å². The van der Waals surface area contributed by atoms with Crippen LogP contribution in [0.3, 0.4) is 0 Å². The smallest absolute Gasteiger partial charge is 0.174 e. The van der Waals surface area contributed by atoms with Crippen molar-refractivity contribution in [1.82, 2.24) is 9.88 Å². The first-order chi connectivity index (χ1) is 12.2. The Morgan fingerprint density at radius 2 is 1.96 bits per heavy atom. The SMILES string of the molecule is COc1ccc(C)cc1NC(=S)N(Cc1ccncc1)C1CCCC1. The summed E-state index contributed by atoms with van der Waals surface area (Å²) < 4.78 is 5.48. The summed E-state index contributed by atoms with van der Waals surface area (Å²) in [5.74, 6) is 0.809. The molecule has 1 heterocycles. The van der Waals surface area contributed by atoms with Crippen LogP contribution in [-0.4, -0.2) is 28.1 Å². The number of hydrogen-bond acceptors (Lipinski definition) is 3. The van der Waals surface area contributed by atoms with Crippen molar-refractivity contribution in [2.24, 2.45) is 0 Å². The van der Waals surface area contributed by atoms with Gasteiger partial charge in [-0.3, -0.25) is 4.98 Å². The Kier molecular flexibility index (Phi) is 5.87. The highest BCUT2D eigenvalue weighted by molar-refractivity contribution is 7.80. The number of aryl methyl sites for hydroxylation is 1. The van der Waals surface area contributed by atoms with Gasteiger partial charge in [-0.2, -0.15) is 0 Å². The van der Waals surface area contributed by atoms with Gasteiger partial charge in [-0.1, -0.05) is 18.9 Å². The van der Waals surface area contributed by atoms with Crippen LogP contribution in [0.4, 0.5) is 5.69 Å². The lowest BCUT2D eigenvalue weighted by atomic mass is 10.1.